The van der Waals surface area contributed by atoms with E-state index in [0.29, 0.717) is 10.8 Å². The van der Waals surface area contributed by atoms with E-state index in [1.54, 1.807) is 11.5 Å². The van der Waals surface area contributed by atoms with Crippen LogP contribution in [-0.4, -0.2) is 16.1 Å². The molecule has 1 aromatic heterocycles. The van der Waals surface area contributed by atoms with Crippen molar-refractivity contribution in [1.29, 1.82) is 0 Å². The van der Waals surface area contributed by atoms with E-state index in [9.17, 15) is 9.90 Å². The van der Waals surface area contributed by atoms with Gasteiger partial charge in [0, 0.05) is 5.38 Å². The number of thiazole rings is 1. The van der Waals surface area contributed by atoms with Crippen LogP contribution in [0.25, 0.3) is 22.4 Å². The van der Waals surface area contributed by atoms with Gasteiger partial charge in [-0.1, -0.05) is 42.5 Å². The lowest BCUT2D eigenvalue weighted by atomic mass is 10.0. The number of nitrogens with two attached hydrogens (primary N) is 1. The van der Waals surface area contributed by atoms with Gasteiger partial charge in [-0.3, -0.25) is 0 Å². The number of aromatic nitrogens is 1. The molecule has 104 valence electrons. The number of fused-ring (bicyclic) bond motifs is 1. The lowest BCUT2D eigenvalue weighted by Crippen LogP contribution is -2.00. The van der Waals surface area contributed by atoms with Gasteiger partial charge in [0.1, 0.15) is 0 Å². The van der Waals surface area contributed by atoms with E-state index in [1.165, 1.54) is 11.3 Å². The number of carboxylic acid groups (broad SMARTS) is 1. The van der Waals surface area contributed by atoms with Crippen molar-refractivity contribution in [3.05, 3.63) is 59.1 Å². The first-order valence-electron chi connectivity index (χ1n) is 6.29. The van der Waals surface area contributed by atoms with Crippen LogP contribution in [0.15, 0.2) is 47.8 Å². The molecule has 5 heteroatoms. The van der Waals surface area contributed by atoms with Gasteiger partial charge in [-0.15, -0.1) is 11.3 Å². The number of carboxylic acids is 1. The van der Waals surface area contributed by atoms with Gasteiger partial charge in [-0.25, -0.2) is 9.78 Å². The molecule has 0 amide bonds. The molecule has 3 N–H and O–H groups in total. The Morgan fingerprint density at radius 1 is 1.19 bits per heavy atom. The predicted molar refractivity (Wildman–Crippen MR) is 86.0 cm³/mol. The first kappa shape index (κ1) is 13.3. The van der Waals surface area contributed by atoms with Crippen LogP contribution in [0.2, 0.25) is 0 Å². The number of hydrogen-bond donors (Lipinski definition) is 2. The monoisotopic (exact) mass is 296 g/mol. The highest BCUT2D eigenvalue weighted by atomic mass is 32.1. The highest BCUT2D eigenvalue weighted by molar-refractivity contribution is 7.13. The SMILES string of the molecule is Nc1nc(/C(=C/c2cccc3ccccc23)C(=O)O)cs1. The van der Waals surface area contributed by atoms with Crippen molar-refractivity contribution in [2.75, 3.05) is 5.73 Å². The molecule has 1 heterocycles. The number of nitrogen functional groups attached to an aromatic ring is 1. The zero-order valence-electron chi connectivity index (χ0n) is 11.0. The predicted octanol–water partition coefficient (Wildman–Crippen LogP) is 3.50. The second-order valence-electron chi connectivity index (χ2n) is 4.50. The molecule has 0 unspecified atom stereocenters. The summed E-state index contributed by atoms with van der Waals surface area (Å²) in [6.07, 6.45) is 1.64. The lowest BCUT2D eigenvalue weighted by Gasteiger charge is -2.04. The quantitative estimate of drug-likeness (QED) is 0.725. The van der Waals surface area contributed by atoms with E-state index in [2.05, 4.69) is 4.98 Å². The Hall–Kier alpha value is -2.66. The van der Waals surface area contributed by atoms with Crippen LogP contribution in [0.5, 0.6) is 0 Å². The number of anilines is 1. The summed E-state index contributed by atoms with van der Waals surface area (Å²) in [5.74, 6) is -1.02. The summed E-state index contributed by atoms with van der Waals surface area (Å²) in [5, 5.41) is 13.5. The van der Waals surface area contributed by atoms with Crippen LogP contribution in [0.3, 0.4) is 0 Å². The minimum absolute atomic E-state index is 0.138. The standard InChI is InChI=1S/C16H12N2O2S/c17-16-18-14(9-21-16)13(15(19)20)8-11-6-3-5-10-4-1-2-7-12(10)11/h1-9H,(H2,17,18)(H,19,20)/b13-8-. The Kier molecular flexibility index (Phi) is 3.41. The van der Waals surface area contributed by atoms with Crippen molar-refractivity contribution in [2.24, 2.45) is 0 Å². The summed E-state index contributed by atoms with van der Waals surface area (Å²) in [5.41, 5.74) is 6.96. The summed E-state index contributed by atoms with van der Waals surface area (Å²) in [6.45, 7) is 0. The molecule has 4 nitrogen and oxygen atoms in total. The third-order valence-corrected chi connectivity index (χ3v) is 3.83. The van der Waals surface area contributed by atoms with Gasteiger partial charge in [-0.2, -0.15) is 0 Å². The molecule has 0 saturated heterocycles. The van der Waals surface area contributed by atoms with E-state index in [1.807, 2.05) is 42.5 Å². The molecule has 2 aromatic carbocycles. The van der Waals surface area contributed by atoms with Crippen LogP contribution in [-0.2, 0) is 4.79 Å². The van der Waals surface area contributed by atoms with Crippen LogP contribution in [0, 0.1) is 0 Å². The van der Waals surface area contributed by atoms with Crippen molar-refractivity contribution >= 4 is 44.9 Å². The average molecular weight is 296 g/mol. The minimum Gasteiger partial charge on any atom is -0.478 e. The molecule has 0 aliphatic rings. The minimum atomic E-state index is -1.02. The Bertz CT molecular complexity index is 847. The second-order valence-corrected chi connectivity index (χ2v) is 5.39. The molecular weight excluding hydrogens is 284 g/mol. The second kappa shape index (κ2) is 5.38. The molecule has 0 saturated carbocycles. The van der Waals surface area contributed by atoms with Gasteiger partial charge in [-0.05, 0) is 22.4 Å². The third-order valence-electron chi connectivity index (χ3n) is 3.15. The molecule has 0 aliphatic carbocycles. The Morgan fingerprint density at radius 2 is 1.95 bits per heavy atom. The van der Waals surface area contributed by atoms with E-state index in [-0.39, 0.29) is 5.57 Å². The fourth-order valence-corrected chi connectivity index (χ4v) is 2.75. The van der Waals surface area contributed by atoms with Gasteiger partial charge in [0.05, 0.1) is 11.3 Å². The van der Waals surface area contributed by atoms with E-state index >= 15 is 0 Å². The first-order chi connectivity index (χ1) is 10.1. The number of rotatable bonds is 3. The van der Waals surface area contributed by atoms with Crippen molar-refractivity contribution in [3.8, 4) is 0 Å². The van der Waals surface area contributed by atoms with Crippen molar-refractivity contribution in [1.82, 2.24) is 4.98 Å². The van der Waals surface area contributed by atoms with Crippen LogP contribution < -0.4 is 5.73 Å². The van der Waals surface area contributed by atoms with E-state index < -0.39 is 5.97 Å². The lowest BCUT2D eigenvalue weighted by molar-refractivity contribution is -0.130. The van der Waals surface area contributed by atoms with E-state index in [0.717, 1.165) is 16.3 Å². The maximum Gasteiger partial charge on any atom is 0.337 e. The first-order valence-corrected chi connectivity index (χ1v) is 7.17. The number of hydrogen-bond acceptors (Lipinski definition) is 4. The molecule has 3 rings (SSSR count). The maximum atomic E-state index is 11.5. The molecule has 0 aliphatic heterocycles. The van der Waals surface area contributed by atoms with Gasteiger partial charge in [0.2, 0.25) is 0 Å². The highest BCUT2D eigenvalue weighted by Crippen LogP contribution is 2.25. The molecule has 0 radical (unpaired) electrons. The molecule has 21 heavy (non-hydrogen) atoms. The Balaban J connectivity index is 2.18. The molecule has 0 fully saturated rings. The smallest absolute Gasteiger partial charge is 0.337 e. The van der Waals surface area contributed by atoms with Crippen LogP contribution in [0.1, 0.15) is 11.3 Å². The zero-order valence-corrected chi connectivity index (χ0v) is 11.8. The third kappa shape index (κ3) is 2.64. The molecule has 0 bridgehead atoms. The number of aliphatic carboxylic acids is 1. The topological polar surface area (TPSA) is 76.2 Å². The maximum absolute atomic E-state index is 11.5. The number of nitrogens with zero attached hydrogens (tertiary/aromatic N) is 1. The Labute approximate surface area is 125 Å². The molecule has 3 aromatic rings. The van der Waals surface area contributed by atoms with Crippen LogP contribution >= 0.6 is 11.3 Å². The summed E-state index contributed by atoms with van der Waals surface area (Å²) in [4.78, 5) is 15.6. The average Bonchev–Trinajstić information content (AvgIpc) is 2.90. The molecule has 0 atom stereocenters. The van der Waals surface area contributed by atoms with E-state index in [4.69, 9.17) is 5.73 Å². The van der Waals surface area contributed by atoms with Gasteiger partial charge < -0.3 is 10.8 Å². The van der Waals surface area contributed by atoms with Crippen LogP contribution in [0.4, 0.5) is 5.13 Å². The van der Waals surface area contributed by atoms with Gasteiger partial charge >= 0.3 is 5.97 Å². The summed E-state index contributed by atoms with van der Waals surface area (Å²) >= 11 is 1.23. The fourth-order valence-electron chi connectivity index (χ4n) is 2.19. The van der Waals surface area contributed by atoms with Gasteiger partial charge in [0.25, 0.3) is 0 Å². The molecular formula is C16H12N2O2S. The van der Waals surface area contributed by atoms with Crippen molar-refractivity contribution in [2.45, 2.75) is 0 Å². The highest BCUT2D eigenvalue weighted by Gasteiger charge is 2.14. The largest absolute Gasteiger partial charge is 0.478 e. The zero-order chi connectivity index (χ0) is 14.8. The Morgan fingerprint density at radius 3 is 2.67 bits per heavy atom. The number of carbonyl (C=O) groups is 1. The van der Waals surface area contributed by atoms with Crippen molar-refractivity contribution in [3.63, 3.8) is 0 Å². The summed E-state index contributed by atoms with van der Waals surface area (Å²) in [6, 6.07) is 13.6. The number of benzene rings is 2. The fraction of sp³-hybridized carbons (Fsp3) is 0. The summed E-state index contributed by atoms with van der Waals surface area (Å²) in [7, 11) is 0. The molecule has 0 spiro atoms. The summed E-state index contributed by atoms with van der Waals surface area (Å²) < 4.78 is 0. The van der Waals surface area contributed by atoms with Crippen molar-refractivity contribution < 1.29 is 9.90 Å². The normalized spacial score (nSPS) is 11.7. The van der Waals surface area contributed by atoms with Gasteiger partial charge in [0.15, 0.2) is 5.13 Å².